The van der Waals surface area contributed by atoms with Gasteiger partial charge in [0.15, 0.2) is 0 Å². The Kier molecular flexibility index (Phi) is 4.96. The molecule has 1 amide bonds. The zero-order valence-electron chi connectivity index (χ0n) is 11.4. The van der Waals surface area contributed by atoms with E-state index in [1.807, 2.05) is 11.9 Å². The predicted molar refractivity (Wildman–Crippen MR) is 78.2 cm³/mol. The Labute approximate surface area is 123 Å². The van der Waals surface area contributed by atoms with Gasteiger partial charge in [-0.05, 0) is 44.0 Å². The number of carbonyl (C=O) groups excluding carboxylic acids is 1. The molecule has 20 heavy (non-hydrogen) atoms. The summed E-state index contributed by atoms with van der Waals surface area (Å²) in [6, 6.07) is 4.36. The van der Waals surface area contributed by atoms with E-state index in [1.165, 1.54) is 31.0 Å². The molecule has 0 spiro atoms. The van der Waals surface area contributed by atoms with E-state index in [2.05, 4.69) is 5.32 Å². The van der Waals surface area contributed by atoms with Crippen LogP contribution in [0.3, 0.4) is 0 Å². The summed E-state index contributed by atoms with van der Waals surface area (Å²) >= 11 is 5.67. The number of nitrogens with two attached hydrogens (primary N) is 1. The number of nitrogens with one attached hydrogen (secondary N) is 1. The maximum Gasteiger partial charge on any atom is 0.238 e. The molecule has 0 aliphatic heterocycles. The van der Waals surface area contributed by atoms with Crippen molar-refractivity contribution >= 4 is 23.2 Å². The minimum Gasteiger partial charge on any atom is -0.329 e. The van der Waals surface area contributed by atoms with Crippen molar-refractivity contribution in [1.82, 2.24) is 4.90 Å². The lowest BCUT2D eigenvalue weighted by Crippen LogP contribution is -2.43. The fourth-order valence-electron chi connectivity index (χ4n) is 2.33. The zero-order chi connectivity index (χ0) is 14.7. The summed E-state index contributed by atoms with van der Waals surface area (Å²) < 4.78 is 13.0. The molecule has 0 aromatic heterocycles. The molecule has 6 heteroatoms. The second kappa shape index (κ2) is 6.52. The molecule has 1 fully saturated rings. The van der Waals surface area contributed by atoms with Gasteiger partial charge in [-0.3, -0.25) is 9.69 Å². The minimum atomic E-state index is -0.501. The summed E-state index contributed by atoms with van der Waals surface area (Å²) in [5, 5.41) is 2.70. The SMILES string of the molecule is CN(CC(=O)Nc1ccc(F)c(Cl)c1)C(CN)C1CC1. The molecule has 1 atom stereocenters. The van der Waals surface area contributed by atoms with Crippen molar-refractivity contribution in [2.24, 2.45) is 11.7 Å². The number of rotatable bonds is 6. The van der Waals surface area contributed by atoms with Crippen LogP contribution in [-0.4, -0.2) is 37.0 Å². The monoisotopic (exact) mass is 299 g/mol. The fraction of sp³-hybridized carbons (Fsp3) is 0.500. The number of hydrogen-bond acceptors (Lipinski definition) is 3. The van der Waals surface area contributed by atoms with Crippen LogP contribution in [0.4, 0.5) is 10.1 Å². The van der Waals surface area contributed by atoms with Gasteiger partial charge in [0.25, 0.3) is 0 Å². The average molecular weight is 300 g/mol. The highest BCUT2D eigenvalue weighted by Crippen LogP contribution is 2.34. The van der Waals surface area contributed by atoms with Gasteiger partial charge >= 0.3 is 0 Å². The van der Waals surface area contributed by atoms with E-state index < -0.39 is 5.82 Å². The smallest absolute Gasteiger partial charge is 0.238 e. The first-order valence-corrected chi connectivity index (χ1v) is 7.04. The Balaban J connectivity index is 1.89. The number of halogens is 2. The molecule has 1 unspecified atom stereocenters. The summed E-state index contributed by atoms with van der Waals surface area (Å²) in [4.78, 5) is 13.9. The van der Waals surface area contributed by atoms with E-state index >= 15 is 0 Å². The molecule has 0 bridgehead atoms. The van der Waals surface area contributed by atoms with E-state index in [0.717, 1.165) is 0 Å². The van der Waals surface area contributed by atoms with Crippen LogP contribution in [0.15, 0.2) is 18.2 Å². The van der Waals surface area contributed by atoms with E-state index in [1.54, 1.807) is 0 Å². The number of carbonyl (C=O) groups is 1. The maximum atomic E-state index is 13.0. The minimum absolute atomic E-state index is 0.00558. The highest BCUT2D eigenvalue weighted by atomic mass is 35.5. The number of nitrogens with zero attached hydrogens (tertiary/aromatic N) is 1. The summed E-state index contributed by atoms with van der Waals surface area (Å²) in [7, 11) is 1.90. The quantitative estimate of drug-likeness (QED) is 0.845. The lowest BCUT2D eigenvalue weighted by Gasteiger charge is -2.26. The molecule has 1 aromatic rings. The summed E-state index contributed by atoms with van der Waals surface area (Å²) in [6.45, 7) is 0.810. The second-order valence-corrected chi connectivity index (χ2v) is 5.64. The van der Waals surface area contributed by atoms with Crippen LogP contribution >= 0.6 is 11.6 Å². The third-order valence-corrected chi connectivity index (χ3v) is 3.86. The van der Waals surface area contributed by atoms with Gasteiger partial charge in [0.1, 0.15) is 5.82 Å². The molecule has 0 saturated heterocycles. The molecule has 0 heterocycles. The molecule has 1 aromatic carbocycles. The second-order valence-electron chi connectivity index (χ2n) is 5.23. The van der Waals surface area contributed by atoms with Gasteiger partial charge < -0.3 is 11.1 Å². The molecule has 0 radical (unpaired) electrons. The topological polar surface area (TPSA) is 58.4 Å². The van der Waals surface area contributed by atoms with Crippen molar-refractivity contribution in [3.63, 3.8) is 0 Å². The van der Waals surface area contributed by atoms with Crippen molar-refractivity contribution in [3.8, 4) is 0 Å². The molecular weight excluding hydrogens is 281 g/mol. The number of anilines is 1. The van der Waals surface area contributed by atoms with Crippen molar-refractivity contribution in [2.75, 3.05) is 25.5 Å². The molecule has 1 saturated carbocycles. The standard InChI is InChI=1S/C14H19ClFN3O/c1-19(13(7-17)9-2-3-9)8-14(20)18-10-4-5-12(16)11(15)6-10/h4-6,9,13H,2-3,7-8,17H2,1H3,(H,18,20). The van der Waals surface area contributed by atoms with Gasteiger partial charge in [-0.15, -0.1) is 0 Å². The van der Waals surface area contributed by atoms with Crippen molar-refractivity contribution in [2.45, 2.75) is 18.9 Å². The van der Waals surface area contributed by atoms with Gasteiger partial charge in [-0.2, -0.15) is 0 Å². The lowest BCUT2D eigenvalue weighted by atomic mass is 10.1. The lowest BCUT2D eigenvalue weighted by molar-refractivity contribution is -0.117. The first kappa shape index (κ1) is 15.2. The molecule has 2 rings (SSSR count). The van der Waals surface area contributed by atoms with Crippen LogP contribution in [0.1, 0.15) is 12.8 Å². The Morgan fingerprint density at radius 2 is 2.30 bits per heavy atom. The van der Waals surface area contributed by atoms with Gasteiger partial charge in [0.2, 0.25) is 5.91 Å². The van der Waals surface area contributed by atoms with E-state index in [-0.39, 0.29) is 23.5 Å². The van der Waals surface area contributed by atoms with Gasteiger partial charge in [-0.1, -0.05) is 11.6 Å². The zero-order valence-corrected chi connectivity index (χ0v) is 12.2. The normalized spacial score (nSPS) is 16.2. The first-order valence-electron chi connectivity index (χ1n) is 6.66. The van der Waals surface area contributed by atoms with Crippen LogP contribution in [0, 0.1) is 11.7 Å². The number of benzene rings is 1. The number of hydrogen-bond donors (Lipinski definition) is 2. The number of likely N-dealkylation sites (N-methyl/N-ethyl adjacent to an activating group) is 1. The molecule has 1 aliphatic rings. The maximum absolute atomic E-state index is 13.0. The van der Waals surface area contributed by atoms with Crippen LogP contribution in [0.5, 0.6) is 0 Å². The third-order valence-electron chi connectivity index (χ3n) is 3.57. The Bertz CT molecular complexity index is 493. The van der Waals surface area contributed by atoms with E-state index in [9.17, 15) is 9.18 Å². The summed E-state index contributed by atoms with van der Waals surface area (Å²) in [5.74, 6) is -0.0500. The molecular formula is C14H19ClFN3O. The van der Waals surface area contributed by atoms with E-state index in [4.69, 9.17) is 17.3 Å². The van der Waals surface area contributed by atoms with Gasteiger partial charge in [0, 0.05) is 18.3 Å². The van der Waals surface area contributed by atoms with Crippen LogP contribution in [0.2, 0.25) is 5.02 Å². The predicted octanol–water partition coefficient (Wildman–Crippen LogP) is 2.09. The van der Waals surface area contributed by atoms with Crippen molar-refractivity contribution in [1.29, 1.82) is 0 Å². The number of amides is 1. The van der Waals surface area contributed by atoms with Crippen LogP contribution < -0.4 is 11.1 Å². The fourth-order valence-corrected chi connectivity index (χ4v) is 2.51. The van der Waals surface area contributed by atoms with Crippen LogP contribution in [0.25, 0.3) is 0 Å². The Morgan fingerprint density at radius 3 is 2.85 bits per heavy atom. The summed E-state index contributed by atoms with van der Waals surface area (Å²) in [6.07, 6.45) is 2.36. The van der Waals surface area contributed by atoms with Gasteiger partial charge in [-0.25, -0.2) is 4.39 Å². The molecule has 110 valence electrons. The largest absolute Gasteiger partial charge is 0.329 e. The Morgan fingerprint density at radius 1 is 1.60 bits per heavy atom. The highest BCUT2D eigenvalue weighted by molar-refractivity contribution is 6.31. The Hall–Kier alpha value is -1.17. The molecule has 3 N–H and O–H groups in total. The highest BCUT2D eigenvalue weighted by Gasteiger charge is 2.33. The van der Waals surface area contributed by atoms with E-state index in [0.29, 0.717) is 18.2 Å². The summed E-state index contributed by atoms with van der Waals surface area (Å²) in [5.41, 5.74) is 6.24. The first-order chi connectivity index (χ1) is 9.51. The van der Waals surface area contributed by atoms with Gasteiger partial charge in [0.05, 0.1) is 11.6 Å². The van der Waals surface area contributed by atoms with Crippen molar-refractivity contribution in [3.05, 3.63) is 29.0 Å². The molecule has 4 nitrogen and oxygen atoms in total. The van der Waals surface area contributed by atoms with Crippen molar-refractivity contribution < 1.29 is 9.18 Å². The third kappa shape index (κ3) is 3.91. The van der Waals surface area contributed by atoms with Crippen LogP contribution in [-0.2, 0) is 4.79 Å². The molecule has 1 aliphatic carbocycles. The average Bonchev–Trinajstić information content (AvgIpc) is 3.19.